The monoisotopic (exact) mass is 319 g/mol. The normalized spacial score (nSPS) is 10.9. The minimum atomic E-state index is -0.399. The number of rotatable bonds is 5. The van der Waals surface area contributed by atoms with E-state index in [0.29, 0.717) is 12.3 Å². The molecular formula is C15H13NO3S2. The van der Waals surface area contributed by atoms with E-state index in [0.717, 1.165) is 16.0 Å². The van der Waals surface area contributed by atoms with Gasteiger partial charge in [0.15, 0.2) is 5.69 Å². The average Bonchev–Trinajstić information content (AvgIpc) is 3.12. The number of fused-ring (bicyclic) bond motifs is 1. The lowest BCUT2D eigenvalue weighted by Gasteiger charge is -2.02. The van der Waals surface area contributed by atoms with Crippen molar-refractivity contribution in [2.75, 3.05) is 7.11 Å². The van der Waals surface area contributed by atoms with Gasteiger partial charge in [-0.05, 0) is 16.8 Å². The predicted octanol–water partition coefficient (Wildman–Crippen LogP) is 3.86. The first kappa shape index (κ1) is 14.2. The molecule has 108 valence electrons. The Morgan fingerprint density at radius 3 is 2.90 bits per heavy atom. The van der Waals surface area contributed by atoms with Crippen molar-refractivity contribution in [3.63, 3.8) is 0 Å². The number of ether oxygens (including phenoxy) is 2. The van der Waals surface area contributed by atoms with Gasteiger partial charge in [0.05, 0.1) is 6.61 Å². The molecule has 4 nitrogen and oxygen atoms in total. The molecule has 3 rings (SSSR count). The molecule has 0 aliphatic rings. The topological polar surface area (TPSA) is 48.4 Å². The molecule has 0 aliphatic carbocycles. The number of hydrogen-bond donors (Lipinski definition) is 0. The van der Waals surface area contributed by atoms with Gasteiger partial charge in [0.25, 0.3) is 0 Å². The number of aromatic nitrogens is 1. The van der Waals surface area contributed by atoms with Gasteiger partial charge in [-0.3, -0.25) is 0 Å². The summed E-state index contributed by atoms with van der Waals surface area (Å²) in [5, 5.41) is 5.62. The Morgan fingerprint density at radius 1 is 1.19 bits per heavy atom. The highest BCUT2D eigenvalue weighted by atomic mass is 32.1. The quantitative estimate of drug-likeness (QED) is 0.670. The van der Waals surface area contributed by atoms with E-state index in [1.807, 2.05) is 23.6 Å². The Kier molecular flexibility index (Phi) is 4.28. The lowest BCUT2D eigenvalue weighted by Crippen LogP contribution is -2.05. The van der Waals surface area contributed by atoms with E-state index >= 15 is 0 Å². The van der Waals surface area contributed by atoms with Gasteiger partial charge in [0.2, 0.25) is 0 Å². The van der Waals surface area contributed by atoms with Gasteiger partial charge in [-0.1, -0.05) is 18.2 Å². The SMILES string of the molecule is COCc1nc(C(=O)OCc2csc3ccccc23)cs1. The van der Waals surface area contributed by atoms with Crippen molar-refractivity contribution in [1.29, 1.82) is 0 Å². The largest absolute Gasteiger partial charge is 0.456 e. The van der Waals surface area contributed by atoms with Crippen LogP contribution in [0.3, 0.4) is 0 Å². The molecule has 2 heterocycles. The summed E-state index contributed by atoms with van der Waals surface area (Å²) >= 11 is 3.04. The molecule has 21 heavy (non-hydrogen) atoms. The van der Waals surface area contributed by atoms with Crippen LogP contribution in [0.1, 0.15) is 21.1 Å². The Balaban J connectivity index is 1.67. The minimum Gasteiger partial charge on any atom is -0.456 e. The number of esters is 1. The molecule has 0 amide bonds. The molecule has 0 aliphatic heterocycles. The summed E-state index contributed by atoms with van der Waals surface area (Å²) in [6.45, 7) is 0.674. The zero-order valence-electron chi connectivity index (χ0n) is 11.4. The van der Waals surface area contributed by atoms with Crippen LogP contribution < -0.4 is 0 Å². The van der Waals surface area contributed by atoms with Crippen molar-refractivity contribution in [2.45, 2.75) is 13.2 Å². The maximum atomic E-state index is 12.0. The number of thiophene rings is 1. The number of benzene rings is 1. The van der Waals surface area contributed by atoms with E-state index in [-0.39, 0.29) is 6.61 Å². The van der Waals surface area contributed by atoms with E-state index in [1.165, 1.54) is 16.0 Å². The first-order chi connectivity index (χ1) is 10.3. The fourth-order valence-corrected chi connectivity index (χ4v) is 3.64. The van der Waals surface area contributed by atoms with Crippen LogP contribution in [-0.2, 0) is 22.7 Å². The molecule has 0 spiro atoms. The summed E-state index contributed by atoms with van der Waals surface area (Å²) in [7, 11) is 1.60. The highest BCUT2D eigenvalue weighted by Crippen LogP contribution is 2.26. The van der Waals surface area contributed by atoms with E-state index in [1.54, 1.807) is 23.8 Å². The fraction of sp³-hybridized carbons (Fsp3) is 0.200. The van der Waals surface area contributed by atoms with Gasteiger partial charge in [-0.2, -0.15) is 0 Å². The first-order valence-corrected chi connectivity index (χ1v) is 8.09. The third kappa shape index (κ3) is 3.12. The number of thiazole rings is 1. The summed E-state index contributed by atoms with van der Waals surface area (Å²) < 4.78 is 11.5. The Morgan fingerprint density at radius 2 is 2.05 bits per heavy atom. The van der Waals surface area contributed by atoms with Crippen molar-refractivity contribution in [3.8, 4) is 0 Å². The van der Waals surface area contributed by atoms with E-state index in [2.05, 4.69) is 11.1 Å². The van der Waals surface area contributed by atoms with Gasteiger partial charge >= 0.3 is 5.97 Å². The van der Waals surface area contributed by atoms with E-state index < -0.39 is 5.97 Å². The van der Waals surface area contributed by atoms with E-state index in [9.17, 15) is 4.79 Å². The van der Waals surface area contributed by atoms with Crippen LogP contribution in [-0.4, -0.2) is 18.1 Å². The molecular weight excluding hydrogens is 306 g/mol. The number of carbonyl (C=O) groups excluding carboxylic acids is 1. The first-order valence-electron chi connectivity index (χ1n) is 6.33. The summed E-state index contributed by atoms with van der Waals surface area (Å²) in [5.41, 5.74) is 1.36. The second-order valence-corrected chi connectivity index (χ2v) is 6.25. The number of hydrogen-bond acceptors (Lipinski definition) is 6. The molecule has 0 atom stereocenters. The Hall–Kier alpha value is -1.76. The standard InChI is InChI=1S/C15H13NO3S2/c1-18-7-14-16-12(9-21-14)15(17)19-6-10-8-20-13-5-3-2-4-11(10)13/h2-5,8-9H,6-7H2,1H3. The van der Waals surface area contributed by atoms with Gasteiger partial charge < -0.3 is 9.47 Å². The summed E-state index contributed by atoms with van der Waals surface area (Å²) in [6, 6.07) is 8.08. The summed E-state index contributed by atoms with van der Waals surface area (Å²) in [4.78, 5) is 16.2. The molecule has 0 bridgehead atoms. The molecule has 6 heteroatoms. The molecule has 0 saturated carbocycles. The fourth-order valence-electron chi connectivity index (χ4n) is 1.96. The lowest BCUT2D eigenvalue weighted by atomic mass is 10.2. The van der Waals surface area contributed by atoms with Gasteiger partial charge in [0, 0.05) is 22.8 Å². The minimum absolute atomic E-state index is 0.264. The molecule has 0 radical (unpaired) electrons. The second kappa shape index (κ2) is 6.34. The van der Waals surface area contributed by atoms with Crippen molar-refractivity contribution in [3.05, 3.63) is 51.3 Å². The van der Waals surface area contributed by atoms with E-state index in [4.69, 9.17) is 9.47 Å². The third-order valence-corrected chi connectivity index (χ3v) is 4.78. The van der Waals surface area contributed by atoms with Gasteiger partial charge in [-0.15, -0.1) is 22.7 Å². The molecule has 0 N–H and O–H groups in total. The maximum Gasteiger partial charge on any atom is 0.358 e. The van der Waals surface area contributed by atoms with Gasteiger partial charge in [0.1, 0.15) is 11.6 Å². The van der Waals surface area contributed by atoms with Crippen LogP contribution in [0, 0.1) is 0 Å². The molecule has 3 aromatic rings. The Labute approximate surface area is 130 Å². The average molecular weight is 319 g/mol. The highest BCUT2D eigenvalue weighted by Gasteiger charge is 2.13. The molecule has 0 unspecified atom stereocenters. The van der Waals surface area contributed by atoms with Crippen molar-refractivity contribution >= 4 is 38.7 Å². The van der Waals surface area contributed by atoms with Crippen LogP contribution in [0.25, 0.3) is 10.1 Å². The third-order valence-electron chi connectivity index (χ3n) is 2.95. The number of nitrogens with zero attached hydrogens (tertiary/aromatic N) is 1. The maximum absolute atomic E-state index is 12.0. The highest BCUT2D eigenvalue weighted by molar-refractivity contribution is 7.17. The zero-order valence-corrected chi connectivity index (χ0v) is 13.0. The van der Waals surface area contributed by atoms with Crippen molar-refractivity contribution in [2.24, 2.45) is 0 Å². The van der Waals surface area contributed by atoms with Crippen LogP contribution in [0.2, 0.25) is 0 Å². The Bertz CT molecular complexity index is 763. The molecule has 2 aromatic heterocycles. The summed E-state index contributed by atoms with van der Waals surface area (Å²) in [6.07, 6.45) is 0. The summed E-state index contributed by atoms with van der Waals surface area (Å²) in [5.74, 6) is -0.399. The van der Waals surface area contributed by atoms with Crippen LogP contribution >= 0.6 is 22.7 Å². The van der Waals surface area contributed by atoms with Crippen LogP contribution in [0.5, 0.6) is 0 Å². The predicted molar refractivity (Wildman–Crippen MR) is 83.8 cm³/mol. The van der Waals surface area contributed by atoms with Crippen LogP contribution in [0.15, 0.2) is 35.0 Å². The molecule has 1 aromatic carbocycles. The second-order valence-electron chi connectivity index (χ2n) is 4.39. The smallest absolute Gasteiger partial charge is 0.358 e. The van der Waals surface area contributed by atoms with Crippen LogP contribution in [0.4, 0.5) is 0 Å². The van der Waals surface area contributed by atoms with Crippen molar-refractivity contribution in [1.82, 2.24) is 4.98 Å². The van der Waals surface area contributed by atoms with Gasteiger partial charge in [-0.25, -0.2) is 9.78 Å². The zero-order chi connectivity index (χ0) is 14.7. The van der Waals surface area contributed by atoms with Crippen molar-refractivity contribution < 1.29 is 14.3 Å². The molecule has 0 fully saturated rings. The number of carbonyl (C=O) groups is 1. The molecule has 0 saturated heterocycles. The lowest BCUT2D eigenvalue weighted by molar-refractivity contribution is 0.0468. The number of methoxy groups -OCH3 is 1.